The standard InChI is InChI=1S/C21H24N2O3/c1-3-26-19-6-4-5-18(15-19)21(25)23-13-11-22(12-14-23)20(24)17-9-7-16(2)8-10-17/h4-10,15H,3,11-14H2,1-2H3. The molecule has 5 nitrogen and oxygen atoms in total. The molecule has 1 saturated heterocycles. The molecular weight excluding hydrogens is 328 g/mol. The van der Waals surface area contributed by atoms with E-state index in [9.17, 15) is 9.59 Å². The second kappa shape index (κ2) is 8.04. The molecule has 0 radical (unpaired) electrons. The van der Waals surface area contributed by atoms with Crippen molar-refractivity contribution in [3.05, 3.63) is 65.2 Å². The average molecular weight is 352 g/mol. The van der Waals surface area contributed by atoms with Gasteiger partial charge in [-0.3, -0.25) is 9.59 Å². The summed E-state index contributed by atoms with van der Waals surface area (Å²) >= 11 is 0. The third kappa shape index (κ3) is 4.04. The molecule has 3 rings (SSSR count). The highest BCUT2D eigenvalue weighted by atomic mass is 16.5. The number of nitrogens with zero attached hydrogens (tertiary/aromatic N) is 2. The second-order valence-electron chi connectivity index (χ2n) is 6.41. The molecule has 0 aromatic heterocycles. The van der Waals surface area contributed by atoms with Gasteiger partial charge in [0.1, 0.15) is 5.75 Å². The van der Waals surface area contributed by atoms with Gasteiger partial charge >= 0.3 is 0 Å². The zero-order valence-corrected chi connectivity index (χ0v) is 15.3. The van der Waals surface area contributed by atoms with Crippen LogP contribution in [-0.2, 0) is 0 Å². The van der Waals surface area contributed by atoms with Crippen molar-refractivity contribution in [3.8, 4) is 5.75 Å². The summed E-state index contributed by atoms with van der Waals surface area (Å²) in [6.07, 6.45) is 0. The van der Waals surface area contributed by atoms with Crippen LogP contribution in [0.5, 0.6) is 5.75 Å². The number of carbonyl (C=O) groups is 2. The summed E-state index contributed by atoms with van der Waals surface area (Å²) in [6.45, 7) is 6.65. The molecule has 136 valence electrons. The van der Waals surface area contributed by atoms with Gasteiger partial charge in [0.15, 0.2) is 0 Å². The van der Waals surface area contributed by atoms with E-state index in [4.69, 9.17) is 4.74 Å². The summed E-state index contributed by atoms with van der Waals surface area (Å²) in [5.74, 6) is 0.705. The first-order chi connectivity index (χ1) is 12.6. The fourth-order valence-corrected chi connectivity index (χ4v) is 3.06. The summed E-state index contributed by atoms with van der Waals surface area (Å²) in [5, 5.41) is 0. The number of aryl methyl sites for hydroxylation is 1. The maximum atomic E-state index is 12.7. The molecule has 0 bridgehead atoms. The number of ether oxygens (including phenoxy) is 1. The Morgan fingerprint density at radius 1 is 0.885 bits per heavy atom. The van der Waals surface area contributed by atoms with E-state index in [1.807, 2.05) is 55.1 Å². The molecule has 0 saturated carbocycles. The van der Waals surface area contributed by atoms with E-state index in [0.717, 1.165) is 5.56 Å². The Kier molecular flexibility index (Phi) is 5.56. The summed E-state index contributed by atoms with van der Waals surface area (Å²) in [7, 11) is 0. The van der Waals surface area contributed by atoms with Crippen LogP contribution >= 0.6 is 0 Å². The second-order valence-corrected chi connectivity index (χ2v) is 6.41. The monoisotopic (exact) mass is 352 g/mol. The Balaban J connectivity index is 1.61. The lowest BCUT2D eigenvalue weighted by atomic mass is 10.1. The molecule has 0 aliphatic carbocycles. The molecule has 0 N–H and O–H groups in total. The molecule has 2 aromatic rings. The number of amides is 2. The first-order valence-corrected chi connectivity index (χ1v) is 8.96. The smallest absolute Gasteiger partial charge is 0.254 e. The van der Waals surface area contributed by atoms with Crippen LogP contribution < -0.4 is 4.74 Å². The number of rotatable bonds is 4. The zero-order chi connectivity index (χ0) is 18.5. The van der Waals surface area contributed by atoms with Crippen LogP contribution in [0, 0.1) is 6.92 Å². The van der Waals surface area contributed by atoms with Crippen LogP contribution in [0.4, 0.5) is 0 Å². The molecule has 26 heavy (non-hydrogen) atoms. The molecule has 5 heteroatoms. The van der Waals surface area contributed by atoms with Crippen molar-refractivity contribution in [1.29, 1.82) is 0 Å². The molecular formula is C21H24N2O3. The lowest BCUT2D eigenvalue weighted by molar-refractivity contribution is 0.0535. The number of benzene rings is 2. The Morgan fingerprint density at radius 2 is 1.46 bits per heavy atom. The van der Waals surface area contributed by atoms with Gasteiger partial charge < -0.3 is 14.5 Å². The van der Waals surface area contributed by atoms with Crippen molar-refractivity contribution in [3.63, 3.8) is 0 Å². The quantitative estimate of drug-likeness (QED) is 0.850. The number of hydrogen-bond donors (Lipinski definition) is 0. The third-order valence-corrected chi connectivity index (χ3v) is 4.54. The number of carbonyl (C=O) groups excluding carboxylic acids is 2. The number of piperazine rings is 1. The van der Waals surface area contributed by atoms with Crippen LogP contribution in [0.2, 0.25) is 0 Å². The Labute approximate surface area is 154 Å². The van der Waals surface area contributed by atoms with E-state index in [-0.39, 0.29) is 11.8 Å². The lowest BCUT2D eigenvalue weighted by Gasteiger charge is -2.35. The molecule has 0 spiro atoms. The fourth-order valence-electron chi connectivity index (χ4n) is 3.06. The normalized spacial score (nSPS) is 14.2. The van der Waals surface area contributed by atoms with Gasteiger partial charge in [0.2, 0.25) is 0 Å². The van der Waals surface area contributed by atoms with E-state index < -0.39 is 0 Å². The van der Waals surface area contributed by atoms with Gasteiger partial charge in [-0.1, -0.05) is 23.8 Å². The molecule has 1 aliphatic heterocycles. The van der Waals surface area contributed by atoms with E-state index in [2.05, 4.69) is 0 Å². The minimum absolute atomic E-state index is 0.0195. The van der Waals surface area contributed by atoms with Gasteiger partial charge in [-0.25, -0.2) is 0 Å². The van der Waals surface area contributed by atoms with Crippen molar-refractivity contribution < 1.29 is 14.3 Å². The fraction of sp³-hybridized carbons (Fsp3) is 0.333. The SMILES string of the molecule is CCOc1cccc(C(=O)N2CCN(C(=O)c3ccc(C)cc3)CC2)c1. The van der Waals surface area contributed by atoms with Crippen molar-refractivity contribution in [2.75, 3.05) is 32.8 Å². The third-order valence-electron chi connectivity index (χ3n) is 4.54. The highest BCUT2D eigenvalue weighted by Gasteiger charge is 2.25. The Bertz CT molecular complexity index is 778. The molecule has 1 fully saturated rings. The van der Waals surface area contributed by atoms with Gasteiger partial charge in [-0.15, -0.1) is 0 Å². The molecule has 2 aromatic carbocycles. The molecule has 1 aliphatic rings. The maximum Gasteiger partial charge on any atom is 0.254 e. The van der Waals surface area contributed by atoms with E-state index in [0.29, 0.717) is 49.7 Å². The first kappa shape index (κ1) is 18.0. The minimum atomic E-state index is -0.0195. The van der Waals surface area contributed by atoms with Crippen LogP contribution in [-0.4, -0.2) is 54.4 Å². The van der Waals surface area contributed by atoms with E-state index in [1.165, 1.54) is 0 Å². The molecule has 0 unspecified atom stereocenters. The van der Waals surface area contributed by atoms with Crippen LogP contribution in [0.1, 0.15) is 33.2 Å². The van der Waals surface area contributed by atoms with Crippen molar-refractivity contribution in [1.82, 2.24) is 9.80 Å². The van der Waals surface area contributed by atoms with Gasteiger partial charge in [-0.05, 0) is 44.2 Å². The lowest BCUT2D eigenvalue weighted by Crippen LogP contribution is -2.50. The highest BCUT2D eigenvalue weighted by molar-refractivity contribution is 5.96. The van der Waals surface area contributed by atoms with Gasteiger partial charge in [0.25, 0.3) is 11.8 Å². The predicted molar refractivity (Wildman–Crippen MR) is 101 cm³/mol. The summed E-state index contributed by atoms with van der Waals surface area (Å²) in [6, 6.07) is 14.8. The van der Waals surface area contributed by atoms with Crippen LogP contribution in [0.15, 0.2) is 48.5 Å². The average Bonchev–Trinajstić information content (AvgIpc) is 2.68. The van der Waals surface area contributed by atoms with Gasteiger partial charge in [0.05, 0.1) is 6.61 Å². The predicted octanol–water partition coefficient (Wildman–Crippen LogP) is 2.99. The largest absolute Gasteiger partial charge is 0.494 e. The Morgan fingerprint density at radius 3 is 2.04 bits per heavy atom. The van der Waals surface area contributed by atoms with E-state index >= 15 is 0 Å². The first-order valence-electron chi connectivity index (χ1n) is 8.96. The summed E-state index contributed by atoms with van der Waals surface area (Å²) < 4.78 is 5.47. The van der Waals surface area contributed by atoms with Crippen molar-refractivity contribution in [2.24, 2.45) is 0 Å². The molecule has 0 atom stereocenters. The molecule has 2 amide bonds. The maximum absolute atomic E-state index is 12.7. The van der Waals surface area contributed by atoms with Crippen molar-refractivity contribution in [2.45, 2.75) is 13.8 Å². The highest BCUT2D eigenvalue weighted by Crippen LogP contribution is 2.17. The number of hydrogen-bond acceptors (Lipinski definition) is 3. The summed E-state index contributed by atoms with van der Waals surface area (Å²) in [4.78, 5) is 28.9. The topological polar surface area (TPSA) is 49.9 Å². The summed E-state index contributed by atoms with van der Waals surface area (Å²) in [5.41, 5.74) is 2.44. The van der Waals surface area contributed by atoms with E-state index in [1.54, 1.807) is 17.0 Å². The molecule has 1 heterocycles. The van der Waals surface area contributed by atoms with Gasteiger partial charge in [-0.2, -0.15) is 0 Å². The van der Waals surface area contributed by atoms with Crippen molar-refractivity contribution >= 4 is 11.8 Å². The Hall–Kier alpha value is -2.82. The zero-order valence-electron chi connectivity index (χ0n) is 15.3. The van der Waals surface area contributed by atoms with Crippen LogP contribution in [0.25, 0.3) is 0 Å². The minimum Gasteiger partial charge on any atom is -0.494 e. The van der Waals surface area contributed by atoms with Gasteiger partial charge in [0, 0.05) is 37.3 Å². The van der Waals surface area contributed by atoms with Crippen LogP contribution in [0.3, 0.4) is 0 Å².